The second kappa shape index (κ2) is 8.37. The minimum Gasteiger partial charge on any atom is -0.306 e. The first-order chi connectivity index (χ1) is 12.0. The molecule has 1 aliphatic heterocycles. The summed E-state index contributed by atoms with van der Waals surface area (Å²) in [6.45, 7) is 2.12. The number of nitrogens with zero attached hydrogens (tertiary/aromatic N) is 3. The highest BCUT2D eigenvalue weighted by Gasteiger charge is 2.18. The van der Waals surface area contributed by atoms with Crippen LogP contribution in [0, 0.1) is 0 Å². The van der Waals surface area contributed by atoms with E-state index in [-0.39, 0.29) is 0 Å². The average Bonchev–Trinajstić information content (AvgIpc) is 2.61. The van der Waals surface area contributed by atoms with E-state index in [2.05, 4.69) is 27.5 Å². The van der Waals surface area contributed by atoms with E-state index in [1.54, 1.807) is 30.6 Å². The summed E-state index contributed by atoms with van der Waals surface area (Å²) in [5.74, 6) is 0. The fourth-order valence-electron chi connectivity index (χ4n) is 2.77. The molecule has 25 heavy (non-hydrogen) atoms. The monoisotopic (exact) mass is 396 g/mol. The number of rotatable bonds is 4. The van der Waals surface area contributed by atoms with Crippen LogP contribution in [-0.2, 0) is 0 Å². The summed E-state index contributed by atoms with van der Waals surface area (Å²) in [7, 11) is 2.13. The SMILES string of the molecule is CN1CCC(NN=C(c2ccc(Cl)c(Cl)c2)c2cnccc2Cl)CC1. The quantitative estimate of drug-likeness (QED) is 0.611. The van der Waals surface area contributed by atoms with Crippen LogP contribution >= 0.6 is 34.8 Å². The maximum absolute atomic E-state index is 6.37. The Morgan fingerprint density at radius 1 is 1.12 bits per heavy atom. The van der Waals surface area contributed by atoms with Crippen molar-refractivity contribution in [2.24, 2.45) is 5.10 Å². The highest BCUT2D eigenvalue weighted by molar-refractivity contribution is 6.42. The molecule has 2 aromatic rings. The van der Waals surface area contributed by atoms with Crippen molar-refractivity contribution >= 4 is 40.5 Å². The number of hydrazone groups is 1. The smallest absolute Gasteiger partial charge is 0.100 e. The van der Waals surface area contributed by atoms with Gasteiger partial charge in [-0.05, 0) is 51.2 Å². The summed E-state index contributed by atoms with van der Waals surface area (Å²) < 4.78 is 0. The van der Waals surface area contributed by atoms with Crippen LogP contribution in [0.2, 0.25) is 15.1 Å². The van der Waals surface area contributed by atoms with Gasteiger partial charge in [-0.3, -0.25) is 4.98 Å². The molecule has 7 heteroatoms. The zero-order chi connectivity index (χ0) is 17.8. The Morgan fingerprint density at radius 2 is 1.88 bits per heavy atom. The van der Waals surface area contributed by atoms with Gasteiger partial charge < -0.3 is 10.3 Å². The average molecular weight is 398 g/mol. The number of hydrogen-bond acceptors (Lipinski definition) is 4. The molecule has 0 bridgehead atoms. The molecule has 4 nitrogen and oxygen atoms in total. The van der Waals surface area contributed by atoms with E-state index >= 15 is 0 Å². The van der Waals surface area contributed by atoms with E-state index < -0.39 is 0 Å². The number of aromatic nitrogens is 1. The first kappa shape index (κ1) is 18.5. The van der Waals surface area contributed by atoms with E-state index in [1.807, 2.05) is 6.07 Å². The lowest BCUT2D eigenvalue weighted by Gasteiger charge is -2.28. The zero-order valence-corrected chi connectivity index (χ0v) is 16.1. The van der Waals surface area contributed by atoms with E-state index in [0.717, 1.165) is 37.1 Å². The molecule has 1 N–H and O–H groups in total. The number of nitrogens with one attached hydrogen (secondary N) is 1. The fourth-order valence-corrected chi connectivity index (χ4v) is 3.26. The molecular weight excluding hydrogens is 379 g/mol. The number of piperidine rings is 1. The molecule has 0 unspecified atom stereocenters. The Morgan fingerprint density at radius 3 is 2.56 bits per heavy atom. The Labute approximate surface area is 162 Å². The minimum atomic E-state index is 0.337. The Bertz CT molecular complexity index is 771. The molecule has 0 radical (unpaired) electrons. The van der Waals surface area contributed by atoms with Crippen LogP contribution < -0.4 is 5.43 Å². The third-order valence-electron chi connectivity index (χ3n) is 4.29. The molecule has 0 amide bonds. The molecule has 0 atom stereocenters. The van der Waals surface area contributed by atoms with Crippen molar-refractivity contribution in [1.29, 1.82) is 0 Å². The van der Waals surface area contributed by atoms with Crippen molar-refractivity contribution in [2.75, 3.05) is 20.1 Å². The lowest BCUT2D eigenvalue weighted by Crippen LogP contribution is -2.39. The van der Waals surface area contributed by atoms with Crippen molar-refractivity contribution in [3.63, 3.8) is 0 Å². The van der Waals surface area contributed by atoms with E-state index in [9.17, 15) is 0 Å². The molecule has 2 heterocycles. The van der Waals surface area contributed by atoms with Gasteiger partial charge in [-0.2, -0.15) is 5.10 Å². The van der Waals surface area contributed by atoms with Crippen molar-refractivity contribution in [2.45, 2.75) is 18.9 Å². The van der Waals surface area contributed by atoms with Crippen LogP contribution in [0.15, 0.2) is 41.8 Å². The molecule has 1 saturated heterocycles. The van der Waals surface area contributed by atoms with Crippen LogP contribution in [0.1, 0.15) is 24.0 Å². The highest BCUT2D eigenvalue weighted by Crippen LogP contribution is 2.26. The first-order valence-corrected chi connectivity index (χ1v) is 9.25. The molecule has 0 saturated carbocycles. The topological polar surface area (TPSA) is 40.5 Å². The number of hydrogen-bond donors (Lipinski definition) is 1. The molecule has 1 aliphatic rings. The van der Waals surface area contributed by atoms with E-state index in [4.69, 9.17) is 34.8 Å². The van der Waals surface area contributed by atoms with Gasteiger partial charge in [0.1, 0.15) is 5.71 Å². The lowest BCUT2D eigenvalue weighted by molar-refractivity contribution is 0.236. The fraction of sp³-hybridized carbons (Fsp3) is 0.333. The van der Waals surface area contributed by atoms with Crippen molar-refractivity contribution in [1.82, 2.24) is 15.3 Å². The molecular formula is C18H19Cl3N4. The van der Waals surface area contributed by atoms with Gasteiger partial charge in [-0.25, -0.2) is 0 Å². The largest absolute Gasteiger partial charge is 0.306 e. The van der Waals surface area contributed by atoms with E-state index in [1.165, 1.54) is 0 Å². The number of pyridine rings is 1. The summed E-state index contributed by atoms with van der Waals surface area (Å²) in [5.41, 5.74) is 5.59. The summed E-state index contributed by atoms with van der Waals surface area (Å²) in [4.78, 5) is 6.50. The summed E-state index contributed by atoms with van der Waals surface area (Å²) in [5, 5.41) is 6.24. The summed E-state index contributed by atoms with van der Waals surface area (Å²) in [6.07, 6.45) is 5.47. The molecule has 0 aliphatic carbocycles. The maximum Gasteiger partial charge on any atom is 0.100 e. The van der Waals surface area contributed by atoms with Crippen molar-refractivity contribution in [3.05, 3.63) is 62.9 Å². The third-order valence-corrected chi connectivity index (χ3v) is 5.36. The third kappa shape index (κ3) is 4.64. The number of halogens is 3. The predicted molar refractivity (Wildman–Crippen MR) is 105 cm³/mol. The van der Waals surface area contributed by atoms with Gasteiger partial charge in [-0.1, -0.05) is 40.9 Å². The molecule has 1 fully saturated rings. The molecule has 132 valence electrons. The highest BCUT2D eigenvalue weighted by atomic mass is 35.5. The van der Waals surface area contributed by atoms with Gasteiger partial charge in [0, 0.05) is 29.6 Å². The normalized spacial score (nSPS) is 16.9. The first-order valence-electron chi connectivity index (χ1n) is 8.11. The number of likely N-dealkylation sites (tertiary alicyclic amines) is 1. The summed E-state index contributed by atoms with van der Waals surface area (Å²) in [6, 6.07) is 7.52. The van der Waals surface area contributed by atoms with E-state index in [0.29, 0.717) is 26.8 Å². The van der Waals surface area contributed by atoms with Crippen LogP contribution in [0.3, 0.4) is 0 Å². The molecule has 3 rings (SSSR count). The van der Waals surface area contributed by atoms with Crippen molar-refractivity contribution in [3.8, 4) is 0 Å². The standard InChI is InChI=1S/C18H19Cl3N4/c1-25-8-5-13(6-9-25)23-24-18(14-11-22-7-4-15(14)19)12-2-3-16(20)17(21)10-12/h2-4,7,10-11,13,23H,5-6,8-9H2,1H3. The molecule has 1 aromatic heterocycles. The maximum atomic E-state index is 6.37. The van der Waals surface area contributed by atoms with Crippen LogP contribution in [0.4, 0.5) is 0 Å². The second-order valence-corrected chi connectivity index (χ2v) is 7.37. The van der Waals surface area contributed by atoms with Gasteiger partial charge >= 0.3 is 0 Å². The van der Waals surface area contributed by atoms with Crippen LogP contribution in [-0.4, -0.2) is 41.8 Å². The predicted octanol–water partition coefficient (Wildman–Crippen LogP) is 4.48. The second-order valence-electron chi connectivity index (χ2n) is 6.15. The Hall–Kier alpha value is -1.33. The Balaban J connectivity index is 1.93. The van der Waals surface area contributed by atoms with Gasteiger partial charge in [0.25, 0.3) is 0 Å². The van der Waals surface area contributed by atoms with Gasteiger partial charge in [0.05, 0.1) is 15.1 Å². The van der Waals surface area contributed by atoms with Gasteiger partial charge in [-0.15, -0.1) is 0 Å². The van der Waals surface area contributed by atoms with Gasteiger partial charge in [0.2, 0.25) is 0 Å². The molecule has 1 aromatic carbocycles. The van der Waals surface area contributed by atoms with Gasteiger partial charge in [0.15, 0.2) is 0 Å². The van der Waals surface area contributed by atoms with Crippen molar-refractivity contribution < 1.29 is 0 Å². The zero-order valence-electron chi connectivity index (χ0n) is 13.8. The minimum absolute atomic E-state index is 0.337. The summed E-state index contributed by atoms with van der Waals surface area (Å²) >= 11 is 18.6. The Kier molecular flexibility index (Phi) is 6.18. The lowest BCUT2D eigenvalue weighted by atomic mass is 10.0. The molecule has 0 spiro atoms. The van der Waals surface area contributed by atoms with Crippen LogP contribution in [0.5, 0.6) is 0 Å². The van der Waals surface area contributed by atoms with Crippen LogP contribution in [0.25, 0.3) is 0 Å². The number of benzene rings is 1.